The molecule has 0 aromatic heterocycles. The summed E-state index contributed by atoms with van der Waals surface area (Å²) in [5.74, 6) is -0.967. The third kappa shape index (κ3) is 5.51. The molecule has 1 fully saturated rings. The quantitative estimate of drug-likeness (QED) is 0.493. The zero-order chi connectivity index (χ0) is 22.6. The fraction of sp³-hybridized carbons (Fsp3) is 0.391. The lowest BCUT2D eigenvalue weighted by Gasteiger charge is -2.15. The van der Waals surface area contributed by atoms with Crippen LogP contribution in [0.2, 0.25) is 0 Å². The lowest BCUT2D eigenvalue weighted by atomic mass is 10.0. The minimum absolute atomic E-state index is 0.0290. The van der Waals surface area contributed by atoms with E-state index in [1.807, 2.05) is 26.0 Å². The molecule has 31 heavy (non-hydrogen) atoms. The Morgan fingerprint density at radius 1 is 1.06 bits per heavy atom. The van der Waals surface area contributed by atoms with Crippen LogP contribution in [0.4, 0.5) is 0 Å². The van der Waals surface area contributed by atoms with Crippen molar-refractivity contribution in [1.29, 1.82) is 0 Å². The summed E-state index contributed by atoms with van der Waals surface area (Å²) in [5.41, 5.74) is 2.25. The summed E-state index contributed by atoms with van der Waals surface area (Å²) in [6.07, 6.45) is 3.52. The molecule has 7 nitrogen and oxygen atoms in total. The van der Waals surface area contributed by atoms with Gasteiger partial charge in [-0.3, -0.25) is 4.79 Å². The lowest BCUT2D eigenvalue weighted by molar-refractivity contribution is 0.0474. The number of rotatable bonds is 8. The molecule has 0 spiro atoms. The Kier molecular flexibility index (Phi) is 7.12. The molecular weight excluding hydrogens is 418 g/mol. The molecular formula is C23H27NO6S. The first-order chi connectivity index (χ1) is 14.7. The summed E-state index contributed by atoms with van der Waals surface area (Å²) in [5, 5.41) is 0. The molecule has 0 unspecified atom stereocenters. The van der Waals surface area contributed by atoms with Gasteiger partial charge < -0.3 is 9.47 Å². The normalized spacial score (nSPS) is 14.4. The molecule has 0 aliphatic heterocycles. The first-order valence-corrected chi connectivity index (χ1v) is 11.7. The van der Waals surface area contributed by atoms with Crippen LogP contribution in [0.3, 0.4) is 0 Å². The third-order valence-corrected chi connectivity index (χ3v) is 6.94. The van der Waals surface area contributed by atoms with E-state index in [9.17, 15) is 18.0 Å². The van der Waals surface area contributed by atoms with Crippen LogP contribution in [0.5, 0.6) is 5.75 Å². The maximum atomic E-state index is 12.9. The van der Waals surface area contributed by atoms with Crippen LogP contribution in [0, 0.1) is 13.8 Å². The Hall–Kier alpha value is -2.71. The van der Waals surface area contributed by atoms with E-state index in [1.54, 1.807) is 6.07 Å². The predicted molar refractivity (Wildman–Crippen MR) is 116 cm³/mol. The van der Waals surface area contributed by atoms with E-state index in [0.717, 1.165) is 36.8 Å². The van der Waals surface area contributed by atoms with Crippen molar-refractivity contribution < 1.29 is 27.5 Å². The number of nitrogens with one attached hydrogen (secondary N) is 1. The Labute approximate surface area is 182 Å². The summed E-state index contributed by atoms with van der Waals surface area (Å²) in [4.78, 5) is 24.9. The van der Waals surface area contributed by atoms with E-state index in [0.29, 0.717) is 5.56 Å². The van der Waals surface area contributed by atoms with Crippen LogP contribution >= 0.6 is 0 Å². The number of methoxy groups -OCH3 is 1. The number of aryl methyl sites for hydroxylation is 2. The van der Waals surface area contributed by atoms with E-state index in [1.165, 1.54) is 25.3 Å². The Balaban J connectivity index is 1.76. The van der Waals surface area contributed by atoms with Crippen LogP contribution in [-0.2, 0) is 14.8 Å². The van der Waals surface area contributed by atoms with E-state index in [4.69, 9.17) is 9.47 Å². The highest BCUT2D eigenvalue weighted by Gasteiger charge is 2.27. The van der Waals surface area contributed by atoms with Crippen molar-refractivity contribution >= 4 is 21.8 Å². The van der Waals surface area contributed by atoms with Gasteiger partial charge in [-0.1, -0.05) is 30.5 Å². The van der Waals surface area contributed by atoms with Crippen molar-refractivity contribution in [3.8, 4) is 5.75 Å². The van der Waals surface area contributed by atoms with Crippen LogP contribution in [0.1, 0.15) is 57.5 Å². The number of carbonyl (C=O) groups excluding carboxylic acids is 2. The fourth-order valence-corrected chi connectivity index (χ4v) is 5.17. The number of carbonyl (C=O) groups is 2. The third-order valence-electron chi connectivity index (χ3n) is 5.39. The van der Waals surface area contributed by atoms with Gasteiger partial charge in [0.1, 0.15) is 10.6 Å². The van der Waals surface area contributed by atoms with Crippen LogP contribution in [0.25, 0.3) is 0 Å². The predicted octanol–water partition coefficient (Wildman–Crippen LogP) is 3.57. The molecule has 0 heterocycles. The fourth-order valence-electron chi connectivity index (χ4n) is 3.67. The number of ether oxygens (including phenoxy) is 2. The summed E-state index contributed by atoms with van der Waals surface area (Å²) in [7, 11) is -2.51. The molecule has 1 N–H and O–H groups in total. The minimum Gasteiger partial charge on any atom is -0.495 e. The molecule has 0 radical (unpaired) electrons. The van der Waals surface area contributed by atoms with Gasteiger partial charge in [0.15, 0.2) is 6.61 Å². The first kappa shape index (κ1) is 23.0. The molecule has 2 aromatic rings. The van der Waals surface area contributed by atoms with Gasteiger partial charge >= 0.3 is 5.97 Å². The molecule has 1 aliphatic carbocycles. The lowest BCUT2D eigenvalue weighted by Crippen LogP contribution is -2.33. The largest absolute Gasteiger partial charge is 0.495 e. The van der Waals surface area contributed by atoms with Crippen molar-refractivity contribution in [2.45, 2.75) is 50.5 Å². The second-order valence-electron chi connectivity index (χ2n) is 7.79. The number of hydrogen-bond acceptors (Lipinski definition) is 6. The monoisotopic (exact) mass is 445 g/mol. The Bertz CT molecular complexity index is 1090. The van der Waals surface area contributed by atoms with Crippen LogP contribution in [-0.4, -0.2) is 39.9 Å². The van der Waals surface area contributed by atoms with Crippen molar-refractivity contribution in [2.24, 2.45) is 0 Å². The van der Waals surface area contributed by atoms with Gasteiger partial charge in [-0.05, 0) is 56.5 Å². The van der Waals surface area contributed by atoms with Crippen molar-refractivity contribution in [3.63, 3.8) is 0 Å². The minimum atomic E-state index is -3.88. The molecule has 1 aliphatic rings. The molecule has 0 atom stereocenters. The van der Waals surface area contributed by atoms with Crippen molar-refractivity contribution in [3.05, 3.63) is 58.7 Å². The van der Waals surface area contributed by atoms with Gasteiger partial charge in [0.2, 0.25) is 15.8 Å². The van der Waals surface area contributed by atoms with Gasteiger partial charge in [-0.25, -0.2) is 17.9 Å². The van der Waals surface area contributed by atoms with E-state index >= 15 is 0 Å². The number of Topliss-reactive ketones (excluding diaryl/α,β-unsaturated/α-hetero) is 1. The highest BCUT2D eigenvalue weighted by atomic mass is 32.2. The van der Waals surface area contributed by atoms with Crippen molar-refractivity contribution in [2.75, 3.05) is 13.7 Å². The highest BCUT2D eigenvalue weighted by Crippen LogP contribution is 2.27. The number of hydrogen-bond donors (Lipinski definition) is 1. The van der Waals surface area contributed by atoms with Gasteiger partial charge in [0.25, 0.3) is 0 Å². The summed E-state index contributed by atoms with van der Waals surface area (Å²) in [6, 6.07) is 9.41. The Morgan fingerprint density at radius 3 is 2.45 bits per heavy atom. The van der Waals surface area contributed by atoms with E-state index in [-0.39, 0.29) is 28.0 Å². The Morgan fingerprint density at radius 2 is 1.77 bits per heavy atom. The van der Waals surface area contributed by atoms with Gasteiger partial charge in [-0.2, -0.15) is 0 Å². The summed E-state index contributed by atoms with van der Waals surface area (Å²) in [6.45, 7) is 3.26. The topological polar surface area (TPSA) is 98.8 Å². The second-order valence-corrected chi connectivity index (χ2v) is 9.47. The SMILES string of the molecule is COc1ccc(C(=O)OCC(=O)c2cc(C)ccc2C)cc1S(=O)(=O)NC1CCCC1. The molecule has 1 saturated carbocycles. The second kappa shape index (κ2) is 9.62. The molecule has 0 saturated heterocycles. The summed E-state index contributed by atoms with van der Waals surface area (Å²) < 4.78 is 38.8. The van der Waals surface area contributed by atoms with Gasteiger partial charge in [0.05, 0.1) is 12.7 Å². The van der Waals surface area contributed by atoms with Gasteiger partial charge in [-0.15, -0.1) is 0 Å². The molecule has 0 bridgehead atoms. The maximum Gasteiger partial charge on any atom is 0.338 e. The average Bonchev–Trinajstić information content (AvgIpc) is 3.25. The van der Waals surface area contributed by atoms with Crippen molar-refractivity contribution in [1.82, 2.24) is 4.72 Å². The smallest absolute Gasteiger partial charge is 0.338 e. The molecule has 166 valence electrons. The standard InChI is InChI=1S/C23H27NO6S/c1-15-8-9-16(2)19(12-15)20(25)14-30-23(26)17-10-11-21(29-3)22(13-17)31(27,28)24-18-6-4-5-7-18/h8-13,18,24H,4-7,14H2,1-3H3. The summed E-state index contributed by atoms with van der Waals surface area (Å²) >= 11 is 0. The molecule has 3 rings (SSSR count). The van der Waals surface area contributed by atoms with Crippen LogP contribution in [0.15, 0.2) is 41.3 Å². The molecule has 2 aromatic carbocycles. The molecule has 0 amide bonds. The van der Waals surface area contributed by atoms with E-state index < -0.39 is 22.6 Å². The number of esters is 1. The van der Waals surface area contributed by atoms with Crippen LogP contribution < -0.4 is 9.46 Å². The number of ketones is 1. The maximum absolute atomic E-state index is 12.9. The highest BCUT2D eigenvalue weighted by molar-refractivity contribution is 7.89. The van der Waals surface area contributed by atoms with E-state index in [2.05, 4.69) is 4.72 Å². The zero-order valence-corrected chi connectivity index (χ0v) is 18.8. The number of benzene rings is 2. The van der Waals surface area contributed by atoms with Gasteiger partial charge in [0, 0.05) is 11.6 Å². The first-order valence-electron chi connectivity index (χ1n) is 10.2. The average molecular weight is 446 g/mol. The number of sulfonamides is 1. The molecule has 8 heteroatoms. The zero-order valence-electron chi connectivity index (χ0n) is 17.9.